The van der Waals surface area contributed by atoms with Gasteiger partial charge in [0.2, 0.25) is 5.91 Å². The van der Waals surface area contributed by atoms with E-state index >= 15 is 0 Å². The second-order valence-electron chi connectivity index (χ2n) is 6.26. The molecule has 3 heterocycles. The lowest BCUT2D eigenvalue weighted by atomic mass is 10.0. The Morgan fingerprint density at radius 2 is 2.27 bits per heavy atom. The summed E-state index contributed by atoms with van der Waals surface area (Å²) in [6, 6.07) is 9.46. The molecule has 1 aliphatic rings. The van der Waals surface area contributed by atoms with Crippen LogP contribution in [0.25, 0.3) is 10.2 Å². The van der Waals surface area contributed by atoms with Gasteiger partial charge in [-0.25, -0.2) is 4.98 Å². The third kappa shape index (κ3) is 3.10. The van der Waals surface area contributed by atoms with Crippen LogP contribution in [0.4, 0.5) is 0 Å². The number of hydrogen-bond donors (Lipinski definition) is 1. The highest BCUT2D eigenvalue weighted by atomic mass is 32.1. The quantitative estimate of drug-likeness (QED) is 0.767. The number of rotatable bonds is 4. The number of ether oxygens (including phenoxy) is 1. The minimum atomic E-state index is -0.208. The Labute approximate surface area is 154 Å². The van der Waals surface area contributed by atoms with Crippen LogP contribution in [-0.4, -0.2) is 22.1 Å². The fourth-order valence-corrected chi connectivity index (χ4v) is 4.11. The van der Waals surface area contributed by atoms with Crippen molar-refractivity contribution in [2.24, 2.45) is 0 Å². The molecular weight excluding hydrogens is 350 g/mol. The molecule has 0 aliphatic carbocycles. The van der Waals surface area contributed by atoms with E-state index in [9.17, 15) is 9.59 Å². The van der Waals surface area contributed by atoms with Crippen molar-refractivity contribution in [2.75, 3.05) is 6.61 Å². The number of hydrogen-bond acceptors (Lipinski definition) is 5. The molecular formula is C19H19N3O3S. The Kier molecular flexibility index (Phi) is 4.46. The predicted molar refractivity (Wildman–Crippen MR) is 101 cm³/mol. The molecule has 2 aromatic heterocycles. The molecule has 4 rings (SSSR count). The standard InChI is InChI=1S/C19H19N3O3S/c1-2-12-9-14-18(26-12)20-11-22(19(14)24)10-17(23)21-15-7-8-25-16-6-4-3-5-13(15)16/h3-6,9,11,15H,2,7-8,10H2,1H3,(H,21,23)/t15-/m0/s1. The summed E-state index contributed by atoms with van der Waals surface area (Å²) < 4.78 is 6.99. The summed E-state index contributed by atoms with van der Waals surface area (Å²) in [5, 5.41) is 3.59. The van der Waals surface area contributed by atoms with E-state index in [2.05, 4.69) is 10.3 Å². The van der Waals surface area contributed by atoms with Crippen LogP contribution in [0.1, 0.15) is 29.8 Å². The monoisotopic (exact) mass is 369 g/mol. The number of nitrogens with zero attached hydrogens (tertiary/aromatic N) is 2. The zero-order chi connectivity index (χ0) is 18.1. The largest absolute Gasteiger partial charge is 0.493 e. The third-order valence-electron chi connectivity index (χ3n) is 4.53. The van der Waals surface area contributed by atoms with E-state index in [1.54, 1.807) is 0 Å². The molecule has 134 valence electrons. The number of para-hydroxylation sites is 1. The van der Waals surface area contributed by atoms with Crippen LogP contribution in [-0.2, 0) is 17.8 Å². The first-order valence-corrected chi connectivity index (χ1v) is 9.46. The number of nitrogens with one attached hydrogen (secondary N) is 1. The molecule has 1 aliphatic heterocycles. The number of aryl methyl sites for hydroxylation is 1. The minimum Gasteiger partial charge on any atom is -0.493 e. The molecule has 7 heteroatoms. The van der Waals surface area contributed by atoms with Gasteiger partial charge in [0, 0.05) is 16.9 Å². The van der Waals surface area contributed by atoms with Crippen molar-refractivity contribution < 1.29 is 9.53 Å². The normalized spacial score (nSPS) is 16.1. The van der Waals surface area contributed by atoms with Gasteiger partial charge in [0.25, 0.3) is 5.56 Å². The SMILES string of the molecule is CCc1cc2c(=O)n(CC(=O)N[C@H]3CCOc4ccccc43)cnc2s1. The average Bonchev–Trinajstić information content (AvgIpc) is 3.09. The van der Waals surface area contributed by atoms with Crippen LogP contribution in [0.3, 0.4) is 0 Å². The summed E-state index contributed by atoms with van der Waals surface area (Å²) in [6.45, 7) is 2.56. The molecule has 0 fully saturated rings. The number of fused-ring (bicyclic) bond motifs is 2. The third-order valence-corrected chi connectivity index (χ3v) is 5.71. The van der Waals surface area contributed by atoms with E-state index in [1.165, 1.54) is 22.2 Å². The van der Waals surface area contributed by atoms with E-state index < -0.39 is 0 Å². The van der Waals surface area contributed by atoms with Crippen molar-refractivity contribution in [3.63, 3.8) is 0 Å². The molecule has 1 N–H and O–H groups in total. The number of aromatic nitrogens is 2. The number of carbonyl (C=O) groups is 1. The summed E-state index contributed by atoms with van der Waals surface area (Å²) in [7, 11) is 0. The van der Waals surface area contributed by atoms with Gasteiger partial charge in [-0.3, -0.25) is 14.2 Å². The molecule has 1 aromatic carbocycles. The Morgan fingerprint density at radius 3 is 3.12 bits per heavy atom. The molecule has 6 nitrogen and oxygen atoms in total. The first-order chi connectivity index (χ1) is 12.7. The average molecular weight is 369 g/mol. The zero-order valence-corrected chi connectivity index (χ0v) is 15.2. The molecule has 0 saturated heterocycles. The van der Waals surface area contributed by atoms with Crippen molar-refractivity contribution in [2.45, 2.75) is 32.4 Å². The number of thiophene rings is 1. The summed E-state index contributed by atoms with van der Waals surface area (Å²) in [5.74, 6) is 0.593. The Morgan fingerprint density at radius 1 is 1.42 bits per heavy atom. The highest BCUT2D eigenvalue weighted by Crippen LogP contribution is 2.31. The Hall–Kier alpha value is -2.67. The van der Waals surface area contributed by atoms with Gasteiger partial charge in [-0.2, -0.15) is 0 Å². The lowest BCUT2D eigenvalue weighted by Gasteiger charge is -2.26. The molecule has 1 atom stereocenters. The van der Waals surface area contributed by atoms with Crippen LogP contribution in [0, 0.1) is 0 Å². The molecule has 0 spiro atoms. The predicted octanol–water partition coefficient (Wildman–Crippen LogP) is 2.66. The maximum absolute atomic E-state index is 12.6. The molecule has 0 bridgehead atoms. The second kappa shape index (κ2) is 6.92. The van der Waals surface area contributed by atoms with Crippen LogP contribution in [0.5, 0.6) is 5.75 Å². The Balaban J connectivity index is 1.53. The van der Waals surface area contributed by atoms with Crippen molar-refractivity contribution in [3.8, 4) is 5.75 Å². The highest BCUT2D eigenvalue weighted by Gasteiger charge is 2.23. The van der Waals surface area contributed by atoms with E-state index in [1.807, 2.05) is 37.3 Å². The van der Waals surface area contributed by atoms with Crippen LogP contribution >= 0.6 is 11.3 Å². The highest BCUT2D eigenvalue weighted by molar-refractivity contribution is 7.18. The Bertz CT molecular complexity index is 1020. The van der Waals surface area contributed by atoms with Gasteiger partial charge < -0.3 is 10.1 Å². The lowest BCUT2D eigenvalue weighted by Crippen LogP contribution is -2.36. The van der Waals surface area contributed by atoms with Gasteiger partial charge >= 0.3 is 0 Å². The zero-order valence-electron chi connectivity index (χ0n) is 14.4. The van der Waals surface area contributed by atoms with Crippen LogP contribution < -0.4 is 15.6 Å². The lowest BCUT2D eigenvalue weighted by molar-refractivity contribution is -0.122. The summed E-state index contributed by atoms with van der Waals surface area (Å²) in [4.78, 5) is 31.3. The van der Waals surface area contributed by atoms with Crippen molar-refractivity contribution in [3.05, 3.63) is 57.5 Å². The number of amides is 1. The fraction of sp³-hybridized carbons (Fsp3) is 0.316. The molecule has 0 unspecified atom stereocenters. The van der Waals surface area contributed by atoms with Gasteiger partial charge in [0.1, 0.15) is 17.1 Å². The first-order valence-electron chi connectivity index (χ1n) is 8.64. The topological polar surface area (TPSA) is 73.2 Å². The smallest absolute Gasteiger partial charge is 0.262 e. The van der Waals surface area contributed by atoms with Crippen molar-refractivity contribution in [1.29, 1.82) is 0 Å². The van der Waals surface area contributed by atoms with E-state index in [0.29, 0.717) is 18.4 Å². The van der Waals surface area contributed by atoms with Gasteiger partial charge in [-0.05, 0) is 18.6 Å². The minimum absolute atomic E-state index is 0.0431. The second-order valence-corrected chi connectivity index (χ2v) is 7.37. The number of carbonyl (C=O) groups excluding carboxylic acids is 1. The molecule has 0 radical (unpaired) electrons. The van der Waals surface area contributed by atoms with Crippen molar-refractivity contribution >= 4 is 27.5 Å². The maximum atomic E-state index is 12.6. The summed E-state index contributed by atoms with van der Waals surface area (Å²) >= 11 is 1.52. The van der Waals surface area contributed by atoms with Crippen LogP contribution in [0.2, 0.25) is 0 Å². The molecule has 3 aromatic rings. The molecule has 1 amide bonds. The van der Waals surface area contributed by atoms with E-state index in [4.69, 9.17) is 4.74 Å². The van der Waals surface area contributed by atoms with Gasteiger partial charge in [-0.15, -0.1) is 11.3 Å². The fourth-order valence-electron chi connectivity index (χ4n) is 3.18. The van der Waals surface area contributed by atoms with Crippen molar-refractivity contribution in [1.82, 2.24) is 14.9 Å². The maximum Gasteiger partial charge on any atom is 0.262 e. The summed E-state index contributed by atoms with van der Waals surface area (Å²) in [6.07, 6.45) is 3.03. The van der Waals surface area contributed by atoms with Gasteiger partial charge in [-0.1, -0.05) is 25.1 Å². The van der Waals surface area contributed by atoms with E-state index in [-0.39, 0.29) is 24.1 Å². The molecule has 0 saturated carbocycles. The molecule has 26 heavy (non-hydrogen) atoms. The van der Waals surface area contributed by atoms with Gasteiger partial charge in [0.15, 0.2) is 0 Å². The van der Waals surface area contributed by atoms with E-state index in [0.717, 1.165) is 27.4 Å². The first kappa shape index (κ1) is 16.8. The summed E-state index contributed by atoms with van der Waals surface area (Å²) in [5.41, 5.74) is 0.798. The number of benzene rings is 1. The van der Waals surface area contributed by atoms with Crippen LogP contribution in [0.15, 0.2) is 41.5 Å². The van der Waals surface area contributed by atoms with Gasteiger partial charge in [0.05, 0.1) is 24.4 Å².